The van der Waals surface area contributed by atoms with Crippen molar-refractivity contribution < 1.29 is 8.78 Å². The molecule has 1 fully saturated rings. The smallest absolute Gasteiger partial charge is 0.130 e. The molecule has 76 valence electrons. The van der Waals surface area contributed by atoms with E-state index in [2.05, 4.69) is 12.2 Å². The van der Waals surface area contributed by atoms with E-state index >= 15 is 0 Å². The fraction of sp³-hybridized carbons (Fsp3) is 0.455. The summed E-state index contributed by atoms with van der Waals surface area (Å²) in [6.07, 6.45) is 1.11. The predicted molar refractivity (Wildman–Crippen MR) is 50.8 cm³/mol. The molecule has 1 aromatic rings. The Morgan fingerprint density at radius 3 is 2.43 bits per heavy atom. The molecule has 0 aromatic heterocycles. The van der Waals surface area contributed by atoms with Gasteiger partial charge in [-0.05, 0) is 24.5 Å². The molecule has 0 amide bonds. The molecule has 3 heteroatoms. The maximum Gasteiger partial charge on any atom is 0.130 e. The Labute approximate surface area is 82.1 Å². The van der Waals surface area contributed by atoms with Crippen LogP contribution in [0.15, 0.2) is 18.2 Å². The molecule has 0 radical (unpaired) electrons. The second kappa shape index (κ2) is 3.65. The van der Waals surface area contributed by atoms with E-state index in [0.717, 1.165) is 6.42 Å². The van der Waals surface area contributed by atoms with Crippen LogP contribution < -0.4 is 5.32 Å². The van der Waals surface area contributed by atoms with E-state index in [-0.39, 0.29) is 12.1 Å². The van der Waals surface area contributed by atoms with Crippen molar-refractivity contribution in [2.24, 2.45) is 5.92 Å². The molecule has 2 unspecified atom stereocenters. The lowest BCUT2D eigenvalue weighted by molar-refractivity contribution is 0.530. The van der Waals surface area contributed by atoms with Gasteiger partial charge in [0.25, 0.3) is 0 Å². The van der Waals surface area contributed by atoms with Gasteiger partial charge in [-0.15, -0.1) is 0 Å². The summed E-state index contributed by atoms with van der Waals surface area (Å²) in [5.41, 5.74) is 0.145. The van der Waals surface area contributed by atoms with Gasteiger partial charge in [0, 0.05) is 18.2 Å². The fourth-order valence-corrected chi connectivity index (χ4v) is 1.54. The molecule has 0 saturated heterocycles. The topological polar surface area (TPSA) is 12.0 Å². The normalized spacial score (nSPS) is 25.1. The average molecular weight is 197 g/mol. The fourth-order valence-electron chi connectivity index (χ4n) is 1.54. The second-order valence-electron chi connectivity index (χ2n) is 3.90. The van der Waals surface area contributed by atoms with Crippen LogP contribution in [0.1, 0.15) is 18.9 Å². The van der Waals surface area contributed by atoms with Crippen LogP contribution in [-0.4, -0.2) is 6.04 Å². The summed E-state index contributed by atoms with van der Waals surface area (Å²) < 4.78 is 26.3. The zero-order valence-electron chi connectivity index (χ0n) is 8.06. The van der Waals surface area contributed by atoms with Gasteiger partial charge in [-0.3, -0.25) is 0 Å². The number of nitrogens with one attached hydrogen (secondary N) is 1. The van der Waals surface area contributed by atoms with Gasteiger partial charge in [0.15, 0.2) is 0 Å². The van der Waals surface area contributed by atoms with E-state index < -0.39 is 11.6 Å². The van der Waals surface area contributed by atoms with Crippen LogP contribution in [0.4, 0.5) is 8.78 Å². The molecule has 0 spiro atoms. The molecule has 0 aliphatic heterocycles. The molecule has 1 aliphatic carbocycles. The summed E-state index contributed by atoms with van der Waals surface area (Å²) >= 11 is 0. The third-order valence-corrected chi connectivity index (χ3v) is 2.71. The molecule has 1 N–H and O–H groups in total. The molecule has 0 bridgehead atoms. The van der Waals surface area contributed by atoms with Crippen LogP contribution >= 0.6 is 0 Å². The third-order valence-electron chi connectivity index (χ3n) is 2.71. The molecule has 1 aliphatic rings. The lowest BCUT2D eigenvalue weighted by Crippen LogP contribution is -2.18. The Bertz CT molecular complexity index is 318. The van der Waals surface area contributed by atoms with E-state index in [4.69, 9.17) is 0 Å². The zero-order chi connectivity index (χ0) is 10.1. The van der Waals surface area contributed by atoms with Crippen LogP contribution in [0.2, 0.25) is 0 Å². The molecule has 2 atom stereocenters. The Balaban J connectivity index is 2.01. The maximum atomic E-state index is 13.1. The van der Waals surface area contributed by atoms with Crippen LogP contribution in [-0.2, 0) is 6.54 Å². The van der Waals surface area contributed by atoms with Crippen molar-refractivity contribution in [3.8, 4) is 0 Å². The van der Waals surface area contributed by atoms with Crippen molar-refractivity contribution in [3.05, 3.63) is 35.4 Å². The number of hydrogen-bond acceptors (Lipinski definition) is 1. The van der Waals surface area contributed by atoms with Gasteiger partial charge >= 0.3 is 0 Å². The van der Waals surface area contributed by atoms with Crippen LogP contribution in [0.3, 0.4) is 0 Å². The van der Waals surface area contributed by atoms with E-state index in [9.17, 15) is 8.78 Å². The number of rotatable bonds is 3. The molecule has 14 heavy (non-hydrogen) atoms. The molecule has 1 saturated carbocycles. The van der Waals surface area contributed by atoms with Gasteiger partial charge in [-0.1, -0.05) is 13.0 Å². The summed E-state index contributed by atoms with van der Waals surface area (Å²) in [6, 6.07) is 4.40. The van der Waals surface area contributed by atoms with Crippen molar-refractivity contribution in [3.63, 3.8) is 0 Å². The second-order valence-corrected chi connectivity index (χ2v) is 3.90. The van der Waals surface area contributed by atoms with E-state index in [1.54, 1.807) is 0 Å². The lowest BCUT2D eigenvalue weighted by Gasteiger charge is -2.05. The Morgan fingerprint density at radius 2 is 1.93 bits per heavy atom. The SMILES string of the molecule is CC1CC1NCc1c(F)cccc1F. The van der Waals surface area contributed by atoms with E-state index in [1.807, 2.05) is 0 Å². The van der Waals surface area contributed by atoms with Gasteiger partial charge in [0.05, 0.1) is 0 Å². The van der Waals surface area contributed by atoms with Crippen LogP contribution in [0.5, 0.6) is 0 Å². The quantitative estimate of drug-likeness (QED) is 0.784. The summed E-state index contributed by atoms with van der Waals surface area (Å²) in [6.45, 7) is 2.41. The summed E-state index contributed by atoms with van der Waals surface area (Å²) in [7, 11) is 0. The summed E-state index contributed by atoms with van der Waals surface area (Å²) in [4.78, 5) is 0. The molecular formula is C11H13F2N. The standard InChI is InChI=1S/C11H13F2N/c1-7-5-11(7)14-6-8-9(12)3-2-4-10(8)13/h2-4,7,11,14H,5-6H2,1H3. The van der Waals surface area contributed by atoms with Crippen molar-refractivity contribution in [2.45, 2.75) is 25.9 Å². The predicted octanol–water partition coefficient (Wildman–Crippen LogP) is 2.46. The molecular weight excluding hydrogens is 184 g/mol. The van der Waals surface area contributed by atoms with E-state index in [0.29, 0.717) is 12.0 Å². The maximum absolute atomic E-state index is 13.1. The summed E-state index contributed by atoms with van der Waals surface area (Å²) in [5, 5.41) is 3.12. The van der Waals surface area contributed by atoms with Crippen molar-refractivity contribution in [2.75, 3.05) is 0 Å². The van der Waals surface area contributed by atoms with Crippen LogP contribution in [0.25, 0.3) is 0 Å². The minimum atomic E-state index is -0.467. The molecule has 0 heterocycles. The Morgan fingerprint density at radius 1 is 1.36 bits per heavy atom. The Hall–Kier alpha value is -0.960. The average Bonchev–Trinajstić information content (AvgIpc) is 2.81. The molecule has 1 nitrogen and oxygen atoms in total. The first-order valence-corrected chi connectivity index (χ1v) is 4.84. The van der Waals surface area contributed by atoms with E-state index in [1.165, 1.54) is 18.2 Å². The first-order valence-electron chi connectivity index (χ1n) is 4.84. The lowest BCUT2D eigenvalue weighted by atomic mass is 10.2. The van der Waals surface area contributed by atoms with Crippen LogP contribution in [0, 0.1) is 17.6 Å². The van der Waals surface area contributed by atoms with Gasteiger partial charge in [0.1, 0.15) is 11.6 Å². The third kappa shape index (κ3) is 1.93. The first kappa shape index (κ1) is 9.59. The monoisotopic (exact) mass is 197 g/mol. The number of halogens is 2. The highest BCUT2D eigenvalue weighted by molar-refractivity contribution is 5.19. The molecule has 2 rings (SSSR count). The number of benzene rings is 1. The van der Waals surface area contributed by atoms with Gasteiger partial charge in [-0.25, -0.2) is 8.78 Å². The van der Waals surface area contributed by atoms with Crippen molar-refractivity contribution in [1.82, 2.24) is 5.32 Å². The minimum Gasteiger partial charge on any atom is -0.309 e. The highest BCUT2D eigenvalue weighted by Gasteiger charge is 2.31. The minimum absolute atomic E-state index is 0.145. The highest BCUT2D eigenvalue weighted by atomic mass is 19.1. The summed E-state index contributed by atoms with van der Waals surface area (Å²) in [5.74, 6) is -0.290. The van der Waals surface area contributed by atoms with Gasteiger partial charge < -0.3 is 5.32 Å². The molecule has 1 aromatic carbocycles. The largest absolute Gasteiger partial charge is 0.309 e. The Kier molecular flexibility index (Phi) is 2.50. The highest BCUT2D eigenvalue weighted by Crippen LogP contribution is 2.29. The van der Waals surface area contributed by atoms with Crippen molar-refractivity contribution >= 4 is 0 Å². The van der Waals surface area contributed by atoms with Gasteiger partial charge in [0.2, 0.25) is 0 Å². The number of hydrogen-bond donors (Lipinski definition) is 1. The van der Waals surface area contributed by atoms with Crippen molar-refractivity contribution in [1.29, 1.82) is 0 Å². The zero-order valence-corrected chi connectivity index (χ0v) is 8.06. The van der Waals surface area contributed by atoms with Gasteiger partial charge in [-0.2, -0.15) is 0 Å². The first-order chi connectivity index (χ1) is 6.68.